The molecule has 206 valence electrons. The van der Waals surface area contributed by atoms with Gasteiger partial charge in [0.25, 0.3) is 5.91 Å². The Labute approximate surface area is 237 Å². The van der Waals surface area contributed by atoms with Crippen molar-refractivity contribution in [3.8, 4) is 17.2 Å². The predicted octanol–water partition coefficient (Wildman–Crippen LogP) is 4.69. The van der Waals surface area contributed by atoms with E-state index in [-0.39, 0.29) is 12.5 Å². The Balaban J connectivity index is 1.60. The second-order valence-electron chi connectivity index (χ2n) is 9.23. The van der Waals surface area contributed by atoms with Crippen molar-refractivity contribution in [3.63, 3.8) is 0 Å². The normalized spacial score (nSPS) is 18.2. The number of carbonyl (C=O) groups excluding carboxylic acids is 1. The number of nitrogens with zero attached hydrogens (tertiary/aromatic N) is 1. The van der Waals surface area contributed by atoms with E-state index >= 15 is 0 Å². The third-order valence-corrected chi connectivity index (χ3v) is 7.14. The van der Waals surface area contributed by atoms with Crippen LogP contribution in [0.25, 0.3) is 0 Å². The van der Waals surface area contributed by atoms with Crippen LogP contribution < -0.4 is 19.5 Å². The molecule has 0 radical (unpaired) electrons. The van der Waals surface area contributed by atoms with Gasteiger partial charge in [-0.1, -0.05) is 34.1 Å². The summed E-state index contributed by atoms with van der Waals surface area (Å²) in [5.41, 5.74) is 1.41. The van der Waals surface area contributed by atoms with E-state index in [9.17, 15) is 4.79 Å². The molecule has 3 aromatic carbocycles. The third kappa shape index (κ3) is 6.72. The first-order valence-electron chi connectivity index (χ1n) is 12.7. The highest BCUT2D eigenvalue weighted by atomic mass is 79.9. The summed E-state index contributed by atoms with van der Waals surface area (Å²) in [7, 11) is 3.16. The van der Waals surface area contributed by atoms with E-state index in [0.717, 1.165) is 21.2 Å². The molecule has 1 aliphatic heterocycles. The molecule has 0 unspecified atom stereocenters. The maximum Gasteiger partial charge on any atom is 0.252 e. The van der Waals surface area contributed by atoms with Crippen molar-refractivity contribution in [3.05, 3.63) is 87.9 Å². The Morgan fingerprint density at radius 2 is 1.72 bits per heavy atom. The Morgan fingerprint density at radius 3 is 2.38 bits per heavy atom. The van der Waals surface area contributed by atoms with Gasteiger partial charge in [0.15, 0.2) is 17.0 Å². The zero-order valence-corrected chi connectivity index (χ0v) is 23.9. The molecule has 0 saturated heterocycles. The fourth-order valence-electron chi connectivity index (χ4n) is 4.38. The average Bonchev–Trinajstić information content (AvgIpc) is 3.29. The van der Waals surface area contributed by atoms with Gasteiger partial charge >= 0.3 is 0 Å². The first-order chi connectivity index (χ1) is 18.9. The van der Waals surface area contributed by atoms with Crippen LogP contribution in [0.1, 0.15) is 30.0 Å². The van der Waals surface area contributed by atoms with Crippen molar-refractivity contribution in [1.29, 1.82) is 0 Å². The summed E-state index contributed by atoms with van der Waals surface area (Å²) in [6.07, 6.45) is 0.416. The quantitative estimate of drug-likeness (QED) is 0.294. The Bertz CT molecular complexity index is 1300. The van der Waals surface area contributed by atoms with Crippen LogP contribution in [0.15, 0.2) is 76.2 Å². The van der Waals surface area contributed by atoms with Crippen LogP contribution >= 0.6 is 15.9 Å². The van der Waals surface area contributed by atoms with Gasteiger partial charge in [0, 0.05) is 36.0 Å². The minimum atomic E-state index is -1.17. The molecule has 9 heteroatoms. The van der Waals surface area contributed by atoms with E-state index in [4.69, 9.17) is 29.0 Å². The number of methoxy groups -OCH3 is 2. The number of aliphatic hydroxyl groups excluding tert-OH is 1. The van der Waals surface area contributed by atoms with Crippen LogP contribution in [0.3, 0.4) is 0 Å². The molecule has 39 heavy (non-hydrogen) atoms. The molecular formula is C30H33BrN2O6. The molecule has 1 aliphatic rings. The Morgan fingerprint density at radius 1 is 1.03 bits per heavy atom. The van der Waals surface area contributed by atoms with Gasteiger partial charge in [0.1, 0.15) is 11.9 Å². The van der Waals surface area contributed by atoms with Crippen molar-refractivity contribution in [1.82, 2.24) is 5.32 Å². The molecular weight excluding hydrogens is 564 g/mol. The molecule has 4 rings (SSSR count). The van der Waals surface area contributed by atoms with Crippen molar-refractivity contribution < 1.29 is 28.8 Å². The maximum absolute atomic E-state index is 13.9. The number of hydrogen-bond donors (Lipinski definition) is 2. The number of rotatable bonds is 12. The summed E-state index contributed by atoms with van der Waals surface area (Å²) in [4.78, 5) is 18.8. The van der Waals surface area contributed by atoms with Gasteiger partial charge in [-0.05, 0) is 66.6 Å². The lowest BCUT2D eigenvalue weighted by atomic mass is 9.86. The number of ether oxygens (including phenoxy) is 4. The van der Waals surface area contributed by atoms with Gasteiger partial charge in [-0.3, -0.25) is 4.79 Å². The number of amides is 1. The number of aliphatic imine (C=N–C) groups is 1. The number of nitrogens with one attached hydrogen (secondary N) is 1. The van der Waals surface area contributed by atoms with Gasteiger partial charge in [0.05, 0.1) is 20.8 Å². The van der Waals surface area contributed by atoms with Gasteiger partial charge in [-0.15, -0.1) is 0 Å². The molecule has 0 spiro atoms. The SMILES string of the molecule is COc1ccc(CNC(=O)[C@]2(Cc3ccc(Br)cc3)N=C(c3ccc(OCCCO)cc3)O[C@@H]2C)cc1OC. The number of aliphatic hydroxyl groups is 1. The summed E-state index contributed by atoms with van der Waals surface area (Å²) >= 11 is 3.48. The first kappa shape index (κ1) is 28.4. The molecule has 0 aromatic heterocycles. The molecule has 0 saturated carbocycles. The van der Waals surface area contributed by atoms with Gasteiger partial charge in [-0.2, -0.15) is 0 Å². The molecule has 1 heterocycles. The molecule has 0 aliphatic carbocycles. The summed E-state index contributed by atoms with van der Waals surface area (Å²) in [6, 6.07) is 20.8. The van der Waals surface area contributed by atoms with Crippen molar-refractivity contribution in [2.45, 2.75) is 38.0 Å². The predicted molar refractivity (Wildman–Crippen MR) is 153 cm³/mol. The van der Waals surface area contributed by atoms with Crippen molar-refractivity contribution >= 4 is 27.7 Å². The van der Waals surface area contributed by atoms with Gasteiger partial charge < -0.3 is 29.4 Å². The molecule has 2 atom stereocenters. The molecule has 0 fully saturated rings. The number of hydrogen-bond acceptors (Lipinski definition) is 7. The summed E-state index contributed by atoms with van der Waals surface area (Å²) in [5, 5.41) is 12.0. The summed E-state index contributed by atoms with van der Waals surface area (Å²) in [5.74, 6) is 2.08. The van der Waals surface area contributed by atoms with Crippen molar-refractivity contribution in [2.24, 2.45) is 4.99 Å². The van der Waals surface area contributed by atoms with E-state index in [1.807, 2.05) is 73.7 Å². The van der Waals surface area contributed by atoms with Crippen LogP contribution in [0.5, 0.6) is 17.2 Å². The van der Waals surface area contributed by atoms with Gasteiger partial charge in [-0.25, -0.2) is 4.99 Å². The molecule has 8 nitrogen and oxygen atoms in total. The lowest BCUT2D eigenvalue weighted by Crippen LogP contribution is -2.52. The van der Waals surface area contributed by atoms with E-state index in [1.54, 1.807) is 14.2 Å². The highest BCUT2D eigenvalue weighted by Crippen LogP contribution is 2.34. The monoisotopic (exact) mass is 596 g/mol. The smallest absolute Gasteiger partial charge is 0.252 e. The minimum Gasteiger partial charge on any atom is -0.494 e. The fourth-order valence-corrected chi connectivity index (χ4v) is 4.65. The highest BCUT2D eigenvalue weighted by Gasteiger charge is 2.50. The van der Waals surface area contributed by atoms with Gasteiger partial charge in [0.2, 0.25) is 5.90 Å². The second-order valence-corrected chi connectivity index (χ2v) is 10.1. The van der Waals surface area contributed by atoms with Crippen LogP contribution in [-0.2, 0) is 22.5 Å². The van der Waals surface area contributed by atoms with Crippen molar-refractivity contribution in [2.75, 3.05) is 27.4 Å². The highest BCUT2D eigenvalue weighted by molar-refractivity contribution is 9.10. The van der Waals surface area contributed by atoms with E-state index in [0.29, 0.717) is 49.1 Å². The Kier molecular flexibility index (Phi) is 9.48. The first-order valence-corrected chi connectivity index (χ1v) is 13.5. The van der Waals surface area contributed by atoms with Crippen LogP contribution in [0, 0.1) is 0 Å². The zero-order valence-electron chi connectivity index (χ0n) is 22.3. The fraction of sp³-hybridized carbons (Fsp3) is 0.333. The van der Waals surface area contributed by atoms with Crippen LogP contribution in [0.2, 0.25) is 0 Å². The standard InChI is InChI=1S/C30H33BrN2O6/c1-20-30(18-21-5-10-24(31)11-6-21,29(35)32-19-22-7-14-26(36-2)27(17-22)37-3)33-28(39-20)23-8-12-25(13-9-23)38-16-4-15-34/h5-14,17,20,34H,4,15-16,18-19H2,1-3H3,(H,32,35)/t20-,30-/m1/s1. The lowest BCUT2D eigenvalue weighted by molar-refractivity contribution is -0.128. The number of halogens is 1. The van der Waals surface area contributed by atoms with Crippen LogP contribution in [0.4, 0.5) is 0 Å². The van der Waals surface area contributed by atoms with Crippen LogP contribution in [-0.4, -0.2) is 56.0 Å². The summed E-state index contributed by atoms with van der Waals surface area (Å²) in [6.45, 7) is 2.67. The zero-order chi connectivity index (χ0) is 27.8. The minimum absolute atomic E-state index is 0.0785. The van der Waals surface area contributed by atoms with E-state index < -0.39 is 11.6 Å². The number of carbonyl (C=O) groups is 1. The van der Waals surface area contributed by atoms with E-state index in [2.05, 4.69) is 21.2 Å². The maximum atomic E-state index is 13.9. The molecule has 0 bridgehead atoms. The summed E-state index contributed by atoms with van der Waals surface area (Å²) < 4.78 is 23.5. The average molecular weight is 598 g/mol. The molecule has 3 aromatic rings. The second kappa shape index (κ2) is 13.0. The molecule has 2 N–H and O–H groups in total. The third-order valence-electron chi connectivity index (χ3n) is 6.62. The lowest BCUT2D eigenvalue weighted by Gasteiger charge is -2.28. The number of benzene rings is 3. The topological polar surface area (TPSA) is 98.6 Å². The van der Waals surface area contributed by atoms with E-state index in [1.165, 1.54) is 0 Å². The largest absolute Gasteiger partial charge is 0.494 e. The Hall–Kier alpha value is -3.56. The molecule has 1 amide bonds.